The van der Waals surface area contributed by atoms with Gasteiger partial charge in [0.15, 0.2) is 0 Å². The number of amides is 2. The molecule has 0 aromatic carbocycles. The predicted molar refractivity (Wildman–Crippen MR) is 85.4 cm³/mol. The summed E-state index contributed by atoms with van der Waals surface area (Å²) >= 11 is 0.888. The van der Waals surface area contributed by atoms with Gasteiger partial charge in [0.2, 0.25) is 5.95 Å². The zero-order chi connectivity index (χ0) is 15.5. The minimum atomic E-state index is -0.375. The molecule has 0 saturated carbocycles. The Hall–Kier alpha value is -1.93. The van der Waals surface area contributed by atoms with E-state index < -0.39 is 0 Å². The normalized spacial score (nSPS) is 23.7. The monoisotopic (exact) mass is 319 g/mol. The zero-order valence-electron chi connectivity index (χ0n) is 12.2. The molecular weight excluding hydrogens is 302 g/mol. The highest BCUT2D eigenvalue weighted by molar-refractivity contribution is 8.18. The van der Waals surface area contributed by atoms with Gasteiger partial charge in [-0.3, -0.25) is 14.9 Å². The van der Waals surface area contributed by atoms with Crippen LogP contribution in [-0.4, -0.2) is 47.3 Å². The number of likely N-dealkylation sites (N-methyl/N-ethyl adjacent to an activating group) is 1. The molecule has 0 bridgehead atoms. The number of carbonyl (C=O) groups excluding carboxylic acids is 2. The van der Waals surface area contributed by atoms with Crippen molar-refractivity contribution >= 4 is 34.9 Å². The van der Waals surface area contributed by atoms with E-state index in [1.807, 2.05) is 7.05 Å². The van der Waals surface area contributed by atoms with Crippen LogP contribution >= 0.6 is 11.8 Å². The molecule has 2 fully saturated rings. The van der Waals surface area contributed by atoms with Gasteiger partial charge >= 0.3 is 0 Å². The minimum Gasteiger partial charge on any atom is -0.340 e. The Morgan fingerprint density at radius 2 is 2.32 bits per heavy atom. The van der Waals surface area contributed by atoms with Gasteiger partial charge in [-0.15, -0.1) is 0 Å². The van der Waals surface area contributed by atoms with E-state index in [0.29, 0.717) is 22.6 Å². The molecule has 7 nitrogen and oxygen atoms in total. The number of nitrogens with one attached hydrogen (secondary N) is 2. The molecule has 8 heteroatoms. The fourth-order valence-electron chi connectivity index (χ4n) is 2.49. The van der Waals surface area contributed by atoms with E-state index in [1.165, 1.54) is 0 Å². The summed E-state index contributed by atoms with van der Waals surface area (Å²) in [6.07, 6.45) is 5.52. The van der Waals surface area contributed by atoms with Crippen LogP contribution in [0.25, 0.3) is 6.08 Å². The molecule has 2 aliphatic rings. The maximum Gasteiger partial charge on any atom is 0.290 e. The highest BCUT2D eigenvalue weighted by Gasteiger charge is 2.25. The molecule has 2 saturated heterocycles. The first-order valence-corrected chi connectivity index (χ1v) is 7.96. The van der Waals surface area contributed by atoms with E-state index in [9.17, 15) is 9.59 Å². The Balaban J connectivity index is 1.79. The fourth-order valence-corrected chi connectivity index (χ4v) is 3.16. The summed E-state index contributed by atoms with van der Waals surface area (Å²) < 4.78 is 0. The number of rotatable bonds is 3. The molecule has 1 atom stereocenters. The number of thioether (sulfide) groups is 1. The molecule has 116 valence electrons. The lowest BCUT2D eigenvalue weighted by Crippen LogP contribution is -2.44. The third-order valence-electron chi connectivity index (χ3n) is 3.72. The Kier molecular flexibility index (Phi) is 4.39. The van der Waals surface area contributed by atoms with Crippen molar-refractivity contribution in [3.63, 3.8) is 0 Å². The third-order valence-corrected chi connectivity index (χ3v) is 4.53. The summed E-state index contributed by atoms with van der Waals surface area (Å²) in [5.74, 6) is 0.248. The van der Waals surface area contributed by atoms with E-state index >= 15 is 0 Å². The van der Waals surface area contributed by atoms with Gasteiger partial charge in [-0.2, -0.15) is 0 Å². The molecule has 2 amide bonds. The predicted octanol–water partition coefficient (Wildman–Crippen LogP) is 0.989. The minimum absolute atomic E-state index is 0.351. The average Bonchev–Trinajstić information content (AvgIpc) is 2.85. The third kappa shape index (κ3) is 3.28. The second-order valence-electron chi connectivity index (χ2n) is 5.24. The van der Waals surface area contributed by atoms with E-state index in [-0.39, 0.29) is 11.1 Å². The maximum atomic E-state index is 11.6. The van der Waals surface area contributed by atoms with Gasteiger partial charge in [-0.25, -0.2) is 9.97 Å². The van der Waals surface area contributed by atoms with Gasteiger partial charge < -0.3 is 10.2 Å². The molecule has 0 aliphatic carbocycles. The fraction of sp³-hybridized carbons (Fsp3) is 0.429. The Morgan fingerprint density at radius 1 is 1.45 bits per heavy atom. The van der Waals surface area contributed by atoms with Crippen LogP contribution < -0.4 is 15.5 Å². The van der Waals surface area contributed by atoms with Gasteiger partial charge in [0.1, 0.15) is 0 Å². The lowest BCUT2D eigenvalue weighted by molar-refractivity contribution is -0.115. The van der Waals surface area contributed by atoms with Crippen molar-refractivity contribution in [2.45, 2.75) is 18.9 Å². The second-order valence-corrected chi connectivity index (χ2v) is 6.26. The standard InChI is InChI=1S/C14H17N5O2S/c1-19(10-3-2-5-15-8-10)13-16-6-4-9(17-13)7-11-12(20)18-14(21)22-11/h4,6-7,10,15H,2-3,5,8H2,1H3,(H,18,20,21)/b11-7+. The van der Waals surface area contributed by atoms with Crippen LogP contribution in [0, 0.1) is 0 Å². The van der Waals surface area contributed by atoms with Crippen LogP contribution in [0.15, 0.2) is 17.2 Å². The van der Waals surface area contributed by atoms with Gasteiger partial charge in [-0.05, 0) is 43.3 Å². The molecule has 3 rings (SSSR count). The second kappa shape index (κ2) is 6.45. The van der Waals surface area contributed by atoms with Crippen LogP contribution in [0.2, 0.25) is 0 Å². The topological polar surface area (TPSA) is 87.2 Å². The van der Waals surface area contributed by atoms with Crippen LogP contribution in [-0.2, 0) is 4.79 Å². The SMILES string of the molecule is CN(c1nccc(/C=C2/SC(=O)NC2=O)n1)C1CCCNC1. The first-order chi connectivity index (χ1) is 10.6. The summed E-state index contributed by atoms with van der Waals surface area (Å²) in [6, 6.07) is 2.09. The number of anilines is 1. The van der Waals surface area contributed by atoms with Gasteiger partial charge in [0.25, 0.3) is 11.1 Å². The average molecular weight is 319 g/mol. The van der Waals surface area contributed by atoms with E-state index in [2.05, 4.69) is 25.5 Å². The maximum absolute atomic E-state index is 11.6. The van der Waals surface area contributed by atoms with Crippen LogP contribution in [0.4, 0.5) is 10.7 Å². The molecule has 1 aromatic rings. The van der Waals surface area contributed by atoms with Crippen molar-refractivity contribution in [3.8, 4) is 0 Å². The lowest BCUT2D eigenvalue weighted by Gasteiger charge is -2.31. The summed E-state index contributed by atoms with van der Waals surface area (Å²) in [7, 11) is 1.98. The molecule has 22 heavy (non-hydrogen) atoms. The molecule has 1 unspecified atom stereocenters. The number of imide groups is 1. The first kappa shape index (κ1) is 15.0. The molecule has 1 aromatic heterocycles. The van der Waals surface area contributed by atoms with Crippen molar-refractivity contribution in [1.82, 2.24) is 20.6 Å². The largest absolute Gasteiger partial charge is 0.340 e. The molecule has 0 radical (unpaired) electrons. The van der Waals surface area contributed by atoms with Crippen molar-refractivity contribution < 1.29 is 9.59 Å². The number of aromatic nitrogens is 2. The van der Waals surface area contributed by atoms with Gasteiger partial charge in [0, 0.05) is 25.8 Å². The van der Waals surface area contributed by atoms with E-state index in [0.717, 1.165) is 37.7 Å². The summed E-state index contributed by atoms with van der Waals surface area (Å²) in [5.41, 5.74) is 0.618. The Bertz CT molecular complexity index is 627. The first-order valence-electron chi connectivity index (χ1n) is 7.15. The zero-order valence-corrected chi connectivity index (χ0v) is 13.0. The molecule has 2 N–H and O–H groups in total. The number of piperidine rings is 1. The van der Waals surface area contributed by atoms with Crippen molar-refractivity contribution in [3.05, 3.63) is 22.9 Å². The van der Waals surface area contributed by atoms with Crippen molar-refractivity contribution in [2.24, 2.45) is 0 Å². The van der Waals surface area contributed by atoms with Crippen LogP contribution in [0.5, 0.6) is 0 Å². The summed E-state index contributed by atoms with van der Waals surface area (Å²) in [6.45, 7) is 1.97. The Labute approximate surface area is 132 Å². The van der Waals surface area contributed by atoms with E-state index in [4.69, 9.17) is 0 Å². The molecule has 0 spiro atoms. The number of carbonyl (C=O) groups is 2. The van der Waals surface area contributed by atoms with Crippen LogP contribution in [0.1, 0.15) is 18.5 Å². The molecular formula is C14H17N5O2S. The highest BCUT2D eigenvalue weighted by Crippen LogP contribution is 2.25. The number of nitrogens with zero attached hydrogens (tertiary/aromatic N) is 3. The Morgan fingerprint density at radius 3 is 3.00 bits per heavy atom. The number of hydrogen-bond donors (Lipinski definition) is 2. The smallest absolute Gasteiger partial charge is 0.290 e. The molecule has 3 heterocycles. The molecule has 2 aliphatic heterocycles. The lowest BCUT2D eigenvalue weighted by atomic mass is 10.1. The van der Waals surface area contributed by atoms with Crippen LogP contribution in [0.3, 0.4) is 0 Å². The number of hydrogen-bond acceptors (Lipinski definition) is 7. The highest BCUT2D eigenvalue weighted by atomic mass is 32.2. The van der Waals surface area contributed by atoms with Crippen molar-refractivity contribution in [1.29, 1.82) is 0 Å². The van der Waals surface area contributed by atoms with Gasteiger partial charge in [0.05, 0.1) is 10.6 Å². The van der Waals surface area contributed by atoms with Crippen molar-refractivity contribution in [2.75, 3.05) is 25.0 Å². The quantitative estimate of drug-likeness (QED) is 0.803. The van der Waals surface area contributed by atoms with Gasteiger partial charge in [-0.1, -0.05) is 0 Å². The van der Waals surface area contributed by atoms with E-state index in [1.54, 1.807) is 18.3 Å². The summed E-state index contributed by atoms with van der Waals surface area (Å²) in [5, 5.41) is 5.25. The summed E-state index contributed by atoms with van der Waals surface area (Å²) in [4.78, 5) is 33.9.